The van der Waals surface area contributed by atoms with E-state index in [9.17, 15) is 19.2 Å². The van der Waals surface area contributed by atoms with Crippen molar-refractivity contribution in [2.75, 3.05) is 23.1 Å². The molecule has 12 heteroatoms. The average molecular weight is 312 g/mol. The van der Waals surface area contributed by atoms with E-state index in [0.717, 1.165) is 0 Å². The maximum atomic E-state index is 11.0. The van der Waals surface area contributed by atoms with Crippen LogP contribution in [-0.2, 0) is 9.59 Å². The second-order valence-corrected chi connectivity index (χ2v) is 3.92. The first kappa shape index (κ1) is 16.9. The van der Waals surface area contributed by atoms with Crippen LogP contribution in [0.15, 0.2) is 0 Å². The number of carboxylic acid groups (broad SMARTS) is 2. The van der Waals surface area contributed by atoms with Crippen molar-refractivity contribution >= 4 is 36.1 Å². The average Bonchev–Trinajstić information content (AvgIpc) is 2.44. The maximum absolute atomic E-state index is 11.0. The van der Waals surface area contributed by atoms with Crippen molar-refractivity contribution in [3.05, 3.63) is 11.4 Å². The minimum absolute atomic E-state index is 0.219. The molecule has 0 fully saturated rings. The van der Waals surface area contributed by atoms with Crippen LogP contribution < -0.4 is 21.7 Å². The summed E-state index contributed by atoms with van der Waals surface area (Å²) in [6, 6.07) is 0. The number of nitrogens with two attached hydrogens (primary N) is 2. The van der Waals surface area contributed by atoms with Crippen LogP contribution in [0.4, 0.5) is 11.6 Å². The Bertz CT molecular complexity index is 566. The first-order chi connectivity index (χ1) is 10.3. The minimum atomic E-state index is -1.30. The standard InChI is InChI=1S/C10H12N6O6/c11-15(1-7(19)20)9-5(3-17)14-10(6(4-18)13-9)16(12)2-8(21)22/h3-4H,1-2,11-12H2,(H,19,20)(H,21,22). The quantitative estimate of drug-likeness (QED) is 0.227. The molecule has 1 heterocycles. The summed E-state index contributed by atoms with van der Waals surface area (Å²) in [7, 11) is 0. The van der Waals surface area contributed by atoms with Crippen LogP contribution in [0.1, 0.15) is 21.0 Å². The van der Waals surface area contributed by atoms with Crippen LogP contribution in [0, 0.1) is 0 Å². The van der Waals surface area contributed by atoms with Crippen LogP contribution in [0.3, 0.4) is 0 Å². The van der Waals surface area contributed by atoms with Gasteiger partial charge >= 0.3 is 11.9 Å². The van der Waals surface area contributed by atoms with Gasteiger partial charge in [0.2, 0.25) is 0 Å². The van der Waals surface area contributed by atoms with Crippen LogP contribution in [0.2, 0.25) is 0 Å². The Labute approximate surface area is 122 Å². The topological polar surface area (TPSA) is 193 Å². The summed E-state index contributed by atoms with van der Waals surface area (Å²) in [4.78, 5) is 50.7. The number of aldehydes is 2. The van der Waals surface area contributed by atoms with E-state index in [0.29, 0.717) is 10.0 Å². The van der Waals surface area contributed by atoms with Crippen molar-refractivity contribution in [3.8, 4) is 0 Å². The Hall–Kier alpha value is -3.12. The molecule has 0 radical (unpaired) electrons. The summed E-state index contributed by atoms with van der Waals surface area (Å²) in [6.45, 7) is -1.40. The number of carbonyl (C=O) groups is 4. The fraction of sp³-hybridized carbons (Fsp3) is 0.200. The van der Waals surface area contributed by atoms with Crippen molar-refractivity contribution in [2.45, 2.75) is 0 Å². The van der Waals surface area contributed by atoms with Crippen molar-refractivity contribution in [2.24, 2.45) is 11.7 Å². The zero-order chi connectivity index (χ0) is 16.9. The van der Waals surface area contributed by atoms with E-state index in [1.807, 2.05) is 0 Å². The molecule has 22 heavy (non-hydrogen) atoms. The fourth-order valence-electron chi connectivity index (χ4n) is 1.46. The second-order valence-electron chi connectivity index (χ2n) is 3.92. The normalized spacial score (nSPS) is 9.91. The van der Waals surface area contributed by atoms with E-state index in [1.54, 1.807) is 0 Å². The van der Waals surface area contributed by atoms with Gasteiger partial charge < -0.3 is 10.2 Å². The Morgan fingerprint density at radius 2 is 1.23 bits per heavy atom. The van der Waals surface area contributed by atoms with Gasteiger partial charge in [-0.05, 0) is 0 Å². The number of carbonyl (C=O) groups excluding carboxylic acids is 2. The molecular weight excluding hydrogens is 300 g/mol. The molecule has 0 atom stereocenters. The lowest BCUT2D eigenvalue weighted by molar-refractivity contribution is -0.136. The summed E-state index contributed by atoms with van der Waals surface area (Å²) in [6.07, 6.45) is 0.438. The van der Waals surface area contributed by atoms with Gasteiger partial charge in [0.1, 0.15) is 24.5 Å². The number of hydrogen-bond acceptors (Lipinski definition) is 10. The zero-order valence-electron chi connectivity index (χ0n) is 11.0. The second kappa shape index (κ2) is 7.05. The Morgan fingerprint density at radius 3 is 1.45 bits per heavy atom. The first-order valence-corrected chi connectivity index (χ1v) is 5.60. The van der Waals surface area contributed by atoms with E-state index in [-0.39, 0.29) is 24.2 Å². The number of aromatic nitrogens is 2. The lowest BCUT2D eigenvalue weighted by atomic mass is 10.3. The number of nitrogens with zero attached hydrogens (tertiary/aromatic N) is 4. The third-order valence-electron chi connectivity index (χ3n) is 2.29. The summed E-state index contributed by atoms with van der Waals surface area (Å²) in [5, 5.41) is 18.5. The molecule has 118 valence electrons. The van der Waals surface area contributed by atoms with Crippen molar-refractivity contribution < 1.29 is 29.4 Å². The molecule has 0 spiro atoms. The highest BCUT2D eigenvalue weighted by Gasteiger charge is 2.21. The molecule has 0 aliphatic heterocycles. The monoisotopic (exact) mass is 312 g/mol. The molecule has 12 nitrogen and oxygen atoms in total. The molecule has 0 saturated carbocycles. The highest BCUT2D eigenvalue weighted by Crippen LogP contribution is 2.19. The molecule has 0 saturated heterocycles. The number of rotatable bonds is 8. The van der Waals surface area contributed by atoms with E-state index >= 15 is 0 Å². The third kappa shape index (κ3) is 3.94. The number of anilines is 2. The van der Waals surface area contributed by atoms with E-state index in [4.69, 9.17) is 21.9 Å². The first-order valence-electron chi connectivity index (χ1n) is 5.60. The molecule has 1 rings (SSSR count). The number of aliphatic carboxylic acids is 2. The summed E-state index contributed by atoms with van der Waals surface area (Å²) < 4.78 is 0. The lowest BCUT2D eigenvalue weighted by Gasteiger charge is -2.21. The van der Waals surface area contributed by atoms with Crippen LogP contribution in [0.5, 0.6) is 0 Å². The van der Waals surface area contributed by atoms with E-state index in [2.05, 4.69) is 9.97 Å². The third-order valence-corrected chi connectivity index (χ3v) is 2.29. The molecule has 0 unspecified atom stereocenters. The highest BCUT2D eigenvalue weighted by atomic mass is 16.4. The molecule has 1 aromatic heterocycles. The number of hydrazine groups is 2. The van der Waals surface area contributed by atoms with Gasteiger partial charge in [0.15, 0.2) is 24.2 Å². The molecule has 0 aliphatic carbocycles. The van der Waals surface area contributed by atoms with Crippen molar-refractivity contribution in [3.63, 3.8) is 0 Å². The van der Waals surface area contributed by atoms with Crippen molar-refractivity contribution in [1.29, 1.82) is 0 Å². The maximum Gasteiger partial charge on any atom is 0.324 e. The van der Waals surface area contributed by atoms with Gasteiger partial charge in [0.25, 0.3) is 0 Å². The van der Waals surface area contributed by atoms with Gasteiger partial charge in [-0.1, -0.05) is 0 Å². The summed E-state index contributed by atoms with van der Waals surface area (Å²) >= 11 is 0. The minimum Gasteiger partial charge on any atom is -0.480 e. The molecule has 0 bridgehead atoms. The molecule has 1 aromatic rings. The van der Waals surface area contributed by atoms with Crippen LogP contribution >= 0.6 is 0 Å². The largest absolute Gasteiger partial charge is 0.480 e. The van der Waals surface area contributed by atoms with E-state index < -0.39 is 36.4 Å². The van der Waals surface area contributed by atoms with Gasteiger partial charge in [-0.3, -0.25) is 29.2 Å². The molecular formula is C10H12N6O6. The zero-order valence-corrected chi connectivity index (χ0v) is 11.0. The summed E-state index contributed by atoms with van der Waals surface area (Å²) in [5.74, 6) is 7.57. The lowest BCUT2D eigenvalue weighted by Crippen LogP contribution is -2.40. The van der Waals surface area contributed by atoms with Gasteiger partial charge in [0.05, 0.1) is 0 Å². The summed E-state index contributed by atoms with van der Waals surface area (Å²) in [5.41, 5.74) is -0.796. The molecule has 0 aromatic carbocycles. The highest BCUT2D eigenvalue weighted by molar-refractivity contribution is 5.88. The number of hydrogen-bond donors (Lipinski definition) is 4. The number of carboxylic acids is 2. The fourth-order valence-corrected chi connectivity index (χ4v) is 1.46. The predicted molar refractivity (Wildman–Crippen MR) is 71.1 cm³/mol. The van der Waals surface area contributed by atoms with Crippen LogP contribution in [-0.4, -0.2) is 57.8 Å². The van der Waals surface area contributed by atoms with E-state index in [1.165, 1.54) is 0 Å². The predicted octanol–water partition coefficient (Wildman–Crippen LogP) is -2.37. The van der Waals surface area contributed by atoms with Crippen molar-refractivity contribution in [1.82, 2.24) is 9.97 Å². The molecule has 6 N–H and O–H groups in total. The Kier molecular flexibility index (Phi) is 5.43. The van der Waals surface area contributed by atoms with Gasteiger partial charge in [0, 0.05) is 0 Å². The molecule has 0 aliphatic rings. The Balaban J connectivity index is 3.33. The van der Waals surface area contributed by atoms with Gasteiger partial charge in [-0.2, -0.15) is 0 Å². The SMILES string of the molecule is NN(CC(=O)O)c1nc(C=O)c(N(N)CC(=O)O)nc1C=O. The Morgan fingerprint density at radius 1 is 0.909 bits per heavy atom. The van der Waals surface area contributed by atoms with Gasteiger partial charge in [-0.15, -0.1) is 0 Å². The smallest absolute Gasteiger partial charge is 0.324 e. The molecule has 0 amide bonds. The van der Waals surface area contributed by atoms with Gasteiger partial charge in [-0.25, -0.2) is 21.7 Å². The van der Waals surface area contributed by atoms with Crippen LogP contribution in [0.25, 0.3) is 0 Å².